The maximum absolute atomic E-state index is 13.0. The van der Waals surface area contributed by atoms with E-state index < -0.39 is 23.1 Å². The Bertz CT molecular complexity index is 898. The quantitative estimate of drug-likeness (QED) is 0.805. The molecule has 2 N–H and O–H groups in total. The van der Waals surface area contributed by atoms with E-state index in [2.05, 4.69) is 4.99 Å². The van der Waals surface area contributed by atoms with Crippen LogP contribution in [-0.2, 0) is 9.59 Å². The number of aliphatic imine (C=N–C) groups is 1. The first-order valence-electron chi connectivity index (χ1n) is 7.46. The van der Waals surface area contributed by atoms with Crippen molar-refractivity contribution in [3.8, 4) is 0 Å². The zero-order chi connectivity index (χ0) is 16.9. The molecule has 1 aromatic rings. The molecule has 1 amide bonds. The molecule has 2 unspecified atom stereocenters. The van der Waals surface area contributed by atoms with Crippen molar-refractivity contribution in [2.24, 2.45) is 22.1 Å². The number of nitrogens with two attached hydrogens (primary N) is 1. The molecular weight excluding hydrogens is 294 g/mol. The van der Waals surface area contributed by atoms with Crippen molar-refractivity contribution < 1.29 is 14.3 Å². The second kappa shape index (κ2) is 4.94. The van der Waals surface area contributed by atoms with Crippen molar-refractivity contribution in [3.63, 3.8) is 0 Å². The Hall–Kier alpha value is -2.63. The number of primary amides is 1. The van der Waals surface area contributed by atoms with Gasteiger partial charge in [0.2, 0.25) is 11.7 Å². The van der Waals surface area contributed by atoms with Crippen molar-refractivity contribution in [1.29, 1.82) is 0 Å². The van der Waals surface area contributed by atoms with E-state index in [1.807, 2.05) is 6.07 Å². The first-order valence-corrected chi connectivity index (χ1v) is 7.46. The summed E-state index contributed by atoms with van der Waals surface area (Å²) < 4.78 is 0.645. The maximum Gasteiger partial charge on any atom is 0.283 e. The summed E-state index contributed by atoms with van der Waals surface area (Å²) in [6.45, 7) is 5.15. The van der Waals surface area contributed by atoms with Gasteiger partial charge >= 0.3 is 0 Å². The van der Waals surface area contributed by atoms with E-state index in [9.17, 15) is 14.5 Å². The molecule has 118 valence electrons. The predicted octanol–water partition coefficient (Wildman–Crippen LogP) is 0.147. The van der Waals surface area contributed by atoms with E-state index in [4.69, 9.17) is 5.73 Å². The standard InChI is InChI=1S/C17H17N3O3/c1-9(2)17(3,16(18)22)15-13(21)6-10-4-5-11-7-19-8-12(11)14(10)20(15)23/h4-9,15H,1-3H3,(H-,18,22)/p+1. The number of carbonyl (C=O) groups excluding carboxylic acids is 2. The molecule has 0 aromatic heterocycles. The van der Waals surface area contributed by atoms with Gasteiger partial charge in [-0.05, 0) is 18.9 Å². The van der Waals surface area contributed by atoms with E-state index in [0.717, 1.165) is 5.22 Å². The molecule has 2 aliphatic rings. The summed E-state index contributed by atoms with van der Waals surface area (Å²) in [4.78, 5) is 41.7. The molecule has 2 aliphatic heterocycles. The van der Waals surface area contributed by atoms with Gasteiger partial charge < -0.3 is 5.73 Å². The van der Waals surface area contributed by atoms with E-state index in [1.54, 1.807) is 39.3 Å². The SMILES string of the molecule is CC(C)C(C)(C(N)=O)C1C(=O)C=c2ccc3c(c2[N+]1=O)C=NC=3. The van der Waals surface area contributed by atoms with Crippen LogP contribution in [0, 0.1) is 16.2 Å². The lowest BCUT2D eigenvalue weighted by Gasteiger charge is -2.32. The fraction of sp³-hybridized carbons (Fsp3) is 0.353. The number of benzene rings is 1. The van der Waals surface area contributed by atoms with Gasteiger partial charge in [0.25, 0.3) is 11.7 Å². The lowest BCUT2D eigenvalue weighted by atomic mass is 9.69. The molecule has 0 spiro atoms. The van der Waals surface area contributed by atoms with Gasteiger partial charge in [0, 0.05) is 28.6 Å². The third-order valence-electron chi connectivity index (χ3n) is 5.02. The normalized spacial score (nSPS) is 21.3. The smallest absolute Gasteiger partial charge is 0.283 e. The van der Waals surface area contributed by atoms with Crippen LogP contribution >= 0.6 is 0 Å². The van der Waals surface area contributed by atoms with Crippen molar-refractivity contribution >= 4 is 35.9 Å². The molecule has 1 aromatic carbocycles. The molecule has 0 radical (unpaired) electrons. The summed E-state index contributed by atoms with van der Waals surface area (Å²) >= 11 is 0. The number of ketones is 1. The minimum Gasteiger partial charge on any atom is -0.369 e. The maximum atomic E-state index is 13.0. The number of nitroso groups, excluding NO2 is 1. The van der Waals surface area contributed by atoms with Crippen LogP contribution in [0.1, 0.15) is 26.3 Å². The number of hydrogen-bond acceptors (Lipinski definition) is 4. The third kappa shape index (κ3) is 1.98. The molecule has 0 fully saturated rings. The van der Waals surface area contributed by atoms with Crippen molar-refractivity contribution in [2.75, 3.05) is 0 Å². The molecule has 0 aliphatic carbocycles. The number of amides is 1. The average Bonchev–Trinajstić information content (AvgIpc) is 2.94. The average molecular weight is 312 g/mol. The highest BCUT2D eigenvalue weighted by Gasteiger charge is 2.57. The summed E-state index contributed by atoms with van der Waals surface area (Å²) in [5.41, 5.74) is 5.33. The zero-order valence-corrected chi connectivity index (χ0v) is 13.2. The van der Waals surface area contributed by atoms with Crippen LogP contribution in [0.4, 0.5) is 5.69 Å². The van der Waals surface area contributed by atoms with Gasteiger partial charge in [0.1, 0.15) is 5.41 Å². The van der Waals surface area contributed by atoms with Gasteiger partial charge in [-0.25, -0.2) is 0 Å². The fourth-order valence-electron chi connectivity index (χ4n) is 3.19. The van der Waals surface area contributed by atoms with Crippen LogP contribution < -0.4 is 16.2 Å². The first-order chi connectivity index (χ1) is 10.8. The van der Waals surface area contributed by atoms with E-state index in [-0.39, 0.29) is 5.92 Å². The van der Waals surface area contributed by atoms with Gasteiger partial charge in [-0.3, -0.25) is 14.6 Å². The lowest BCUT2D eigenvalue weighted by molar-refractivity contribution is -0.509. The summed E-state index contributed by atoms with van der Waals surface area (Å²) in [5, 5.41) is 1.36. The highest BCUT2D eigenvalue weighted by Crippen LogP contribution is 2.36. The van der Waals surface area contributed by atoms with Crippen LogP contribution in [0.15, 0.2) is 17.1 Å². The van der Waals surface area contributed by atoms with E-state index in [0.29, 0.717) is 21.2 Å². The van der Waals surface area contributed by atoms with Gasteiger partial charge in [0.05, 0.1) is 15.5 Å². The largest absolute Gasteiger partial charge is 0.369 e. The molecule has 2 atom stereocenters. The van der Waals surface area contributed by atoms with Crippen LogP contribution in [0.25, 0.3) is 12.3 Å². The minimum atomic E-state index is -1.27. The number of Topliss-reactive ketones (excluding diaryl/α,β-unsaturated/α-hetero) is 1. The fourth-order valence-corrected chi connectivity index (χ4v) is 3.19. The molecule has 6 heteroatoms. The third-order valence-corrected chi connectivity index (χ3v) is 5.02. The van der Waals surface area contributed by atoms with Crippen LogP contribution in [0.3, 0.4) is 0 Å². The molecule has 23 heavy (non-hydrogen) atoms. The first kappa shape index (κ1) is 15.3. The predicted molar refractivity (Wildman–Crippen MR) is 86.4 cm³/mol. The van der Waals surface area contributed by atoms with Gasteiger partial charge in [0.15, 0.2) is 0 Å². The van der Waals surface area contributed by atoms with E-state index in [1.165, 1.54) is 6.08 Å². The molecule has 0 saturated carbocycles. The van der Waals surface area contributed by atoms with Crippen molar-refractivity contribution in [1.82, 2.24) is 0 Å². The Labute approximate surface area is 133 Å². The topological polar surface area (TPSA) is 92.6 Å². The Kier molecular flexibility index (Phi) is 3.28. The highest BCUT2D eigenvalue weighted by atomic mass is 16.3. The molecule has 6 nitrogen and oxygen atoms in total. The Morgan fingerprint density at radius 3 is 2.61 bits per heavy atom. The minimum absolute atomic E-state index is 0.266. The summed E-state index contributed by atoms with van der Waals surface area (Å²) in [7, 11) is 0. The van der Waals surface area contributed by atoms with Crippen LogP contribution in [-0.4, -0.2) is 28.7 Å². The number of rotatable bonds is 3. The molecule has 3 rings (SSSR count). The molecular formula is C17H18N3O3+. The Balaban J connectivity index is 2.27. The molecule has 2 heterocycles. The van der Waals surface area contributed by atoms with E-state index >= 15 is 0 Å². The van der Waals surface area contributed by atoms with Gasteiger partial charge in [-0.2, -0.15) is 0 Å². The number of hydrogen-bond donors (Lipinski definition) is 1. The highest BCUT2D eigenvalue weighted by molar-refractivity contribution is 6.12. The molecule has 0 saturated heterocycles. The van der Waals surface area contributed by atoms with Crippen LogP contribution in [0.5, 0.6) is 0 Å². The number of carbonyl (C=O) groups is 2. The zero-order valence-electron chi connectivity index (χ0n) is 13.2. The Morgan fingerprint density at radius 2 is 2.00 bits per heavy atom. The summed E-state index contributed by atoms with van der Waals surface area (Å²) in [5.74, 6) is -1.32. The van der Waals surface area contributed by atoms with Gasteiger partial charge in [-0.15, -0.1) is 0 Å². The Morgan fingerprint density at radius 1 is 1.35 bits per heavy atom. The van der Waals surface area contributed by atoms with Crippen molar-refractivity contribution in [2.45, 2.75) is 26.8 Å². The molecule has 0 bridgehead atoms. The number of nitrogens with zero attached hydrogens (tertiary/aromatic N) is 2. The summed E-state index contributed by atoms with van der Waals surface area (Å²) in [6.07, 6.45) is 4.67. The van der Waals surface area contributed by atoms with Crippen LogP contribution in [0.2, 0.25) is 0 Å². The second-order valence-corrected chi connectivity index (χ2v) is 6.49. The monoisotopic (exact) mass is 312 g/mol. The second-order valence-electron chi connectivity index (χ2n) is 6.49. The number of fused-ring (bicyclic) bond motifs is 3. The van der Waals surface area contributed by atoms with Crippen molar-refractivity contribution in [3.05, 3.63) is 33.0 Å². The summed E-state index contributed by atoms with van der Waals surface area (Å²) in [6, 6.07) is 2.36. The lowest BCUT2D eigenvalue weighted by Crippen LogP contribution is -2.56. The van der Waals surface area contributed by atoms with Gasteiger partial charge in [-0.1, -0.05) is 19.9 Å².